The molecular weight excluding hydrogens is 266 g/mol. The van der Waals surface area contributed by atoms with Gasteiger partial charge in [0.2, 0.25) is 0 Å². The number of phenolic OH excluding ortho intramolecular Hbond substituents is 1. The maximum Gasteiger partial charge on any atom is 0.251 e. The van der Waals surface area contributed by atoms with E-state index in [0.717, 1.165) is 6.42 Å². The Balaban J connectivity index is 2.68. The van der Waals surface area contributed by atoms with Crippen LogP contribution in [0.3, 0.4) is 0 Å². The van der Waals surface area contributed by atoms with Crippen LogP contribution in [0.5, 0.6) is 5.75 Å². The molecule has 4 nitrogen and oxygen atoms in total. The van der Waals surface area contributed by atoms with E-state index in [1.54, 1.807) is 6.92 Å². The number of hydrogen-bond donors (Lipinski definition) is 3. The molecule has 0 saturated carbocycles. The number of rotatable bonds is 5. The van der Waals surface area contributed by atoms with E-state index in [4.69, 9.17) is 11.6 Å². The number of amides is 1. The zero-order valence-corrected chi connectivity index (χ0v) is 12.2. The molecule has 1 aromatic carbocycles. The van der Waals surface area contributed by atoms with E-state index < -0.39 is 5.60 Å². The summed E-state index contributed by atoms with van der Waals surface area (Å²) < 4.78 is 0. The van der Waals surface area contributed by atoms with Crippen LogP contribution in [0.4, 0.5) is 0 Å². The average Bonchev–Trinajstić information content (AvgIpc) is 2.38. The molecule has 0 saturated heterocycles. The van der Waals surface area contributed by atoms with Crippen LogP contribution >= 0.6 is 11.6 Å². The van der Waals surface area contributed by atoms with Crippen molar-refractivity contribution in [1.82, 2.24) is 5.32 Å². The van der Waals surface area contributed by atoms with Crippen LogP contribution in [0.15, 0.2) is 18.2 Å². The molecule has 106 valence electrons. The van der Waals surface area contributed by atoms with Gasteiger partial charge in [0.1, 0.15) is 5.75 Å². The maximum atomic E-state index is 11.9. The Hall–Kier alpha value is -1.26. The van der Waals surface area contributed by atoms with E-state index in [-0.39, 0.29) is 29.1 Å². The molecule has 2 atom stereocenters. The molecule has 3 N–H and O–H groups in total. The van der Waals surface area contributed by atoms with Crippen LogP contribution in [-0.4, -0.2) is 28.3 Å². The second kappa shape index (κ2) is 6.26. The second-order valence-electron chi connectivity index (χ2n) is 5.02. The first-order valence-electron chi connectivity index (χ1n) is 6.27. The number of nitrogens with one attached hydrogen (secondary N) is 1. The van der Waals surface area contributed by atoms with Crippen molar-refractivity contribution in [2.24, 2.45) is 5.92 Å². The third kappa shape index (κ3) is 4.11. The predicted molar refractivity (Wildman–Crippen MR) is 75.5 cm³/mol. The molecule has 0 radical (unpaired) electrons. The molecule has 0 bridgehead atoms. The minimum absolute atomic E-state index is 0.0650. The van der Waals surface area contributed by atoms with Gasteiger partial charge in [0, 0.05) is 12.1 Å². The third-order valence-electron chi connectivity index (χ3n) is 3.49. The van der Waals surface area contributed by atoms with E-state index in [0.29, 0.717) is 5.56 Å². The zero-order chi connectivity index (χ0) is 14.6. The summed E-state index contributed by atoms with van der Waals surface area (Å²) in [6, 6.07) is 4.24. The predicted octanol–water partition coefficient (Wildman–Crippen LogP) is 2.57. The summed E-state index contributed by atoms with van der Waals surface area (Å²) in [4.78, 5) is 11.9. The van der Waals surface area contributed by atoms with E-state index in [9.17, 15) is 15.0 Å². The average molecular weight is 286 g/mol. The first kappa shape index (κ1) is 15.8. The smallest absolute Gasteiger partial charge is 0.251 e. The lowest BCUT2D eigenvalue weighted by atomic mass is 9.88. The molecule has 0 heterocycles. The van der Waals surface area contributed by atoms with Gasteiger partial charge in [-0.3, -0.25) is 4.79 Å². The van der Waals surface area contributed by atoms with Crippen molar-refractivity contribution in [3.8, 4) is 5.75 Å². The lowest BCUT2D eigenvalue weighted by molar-refractivity contribution is 0.00592. The number of hydrogen-bond acceptors (Lipinski definition) is 3. The summed E-state index contributed by atoms with van der Waals surface area (Å²) in [7, 11) is 0. The van der Waals surface area contributed by atoms with Crippen molar-refractivity contribution in [3.63, 3.8) is 0 Å². The van der Waals surface area contributed by atoms with Crippen LogP contribution in [0.1, 0.15) is 37.6 Å². The fourth-order valence-corrected chi connectivity index (χ4v) is 1.80. The van der Waals surface area contributed by atoms with Crippen LogP contribution < -0.4 is 5.32 Å². The molecule has 19 heavy (non-hydrogen) atoms. The molecule has 0 aliphatic rings. The van der Waals surface area contributed by atoms with Crippen molar-refractivity contribution in [2.45, 2.75) is 32.8 Å². The summed E-state index contributed by atoms with van der Waals surface area (Å²) in [5.41, 5.74) is -0.603. The molecule has 1 rings (SSSR count). The van der Waals surface area contributed by atoms with Crippen LogP contribution in [0.2, 0.25) is 5.02 Å². The van der Waals surface area contributed by atoms with Gasteiger partial charge in [-0.05, 0) is 31.0 Å². The number of phenols is 1. The Morgan fingerprint density at radius 3 is 2.68 bits per heavy atom. The molecule has 1 amide bonds. The normalized spacial score (nSPS) is 15.6. The summed E-state index contributed by atoms with van der Waals surface area (Å²) in [5, 5.41) is 22.3. The molecule has 1 aromatic rings. The Kier molecular flexibility index (Phi) is 5.20. The standard InChI is InChI=1S/C14H20ClNO3/c1-4-9(2)14(3,19)8-16-13(18)10-5-6-12(17)11(15)7-10/h5-7,9,17,19H,4,8H2,1-3H3,(H,16,18)/t9-,14+/m1/s1. The number of carbonyl (C=O) groups excluding carboxylic acids is 1. The Labute approximate surface area is 118 Å². The van der Waals surface area contributed by atoms with Gasteiger partial charge < -0.3 is 15.5 Å². The molecule has 0 fully saturated rings. The van der Waals surface area contributed by atoms with Crippen molar-refractivity contribution < 1.29 is 15.0 Å². The number of aliphatic hydroxyl groups is 1. The van der Waals surface area contributed by atoms with Gasteiger partial charge in [-0.2, -0.15) is 0 Å². The van der Waals surface area contributed by atoms with Crippen LogP contribution in [-0.2, 0) is 0 Å². The first-order chi connectivity index (χ1) is 8.77. The number of aromatic hydroxyl groups is 1. The minimum atomic E-state index is -0.953. The Morgan fingerprint density at radius 2 is 2.16 bits per heavy atom. The van der Waals surface area contributed by atoms with Crippen molar-refractivity contribution in [2.75, 3.05) is 6.54 Å². The Morgan fingerprint density at radius 1 is 1.53 bits per heavy atom. The zero-order valence-electron chi connectivity index (χ0n) is 11.4. The lowest BCUT2D eigenvalue weighted by Crippen LogP contribution is -2.45. The van der Waals surface area contributed by atoms with Crippen molar-refractivity contribution >= 4 is 17.5 Å². The van der Waals surface area contributed by atoms with E-state index in [2.05, 4.69) is 5.32 Å². The minimum Gasteiger partial charge on any atom is -0.506 e. The van der Waals surface area contributed by atoms with Gasteiger partial charge in [-0.25, -0.2) is 0 Å². The van der Waals surface area contributed by atoms with Gasteiger partial charge in [0.05, 0.1) is 10.6 Å². The van der Waals surface area contributed by atoms with Gasteiger partial charge in [-0.15, -0.1) is 0 Å². The number of benzene rings is 1. The molecule has 0 unspecified atom stereocenters. The largest absolute Gasteiger partial charge is 0.506 e. The van der Waals surface area contributed by atoms with Gasteiger partial charge >= 0.3 is 0 Å². The number of halogens is 1. The highest BCUT2D eigenvalue weighted by Gasteiger charge is 2.27. The first-order valence-corrected chi connectivity index (χ1v) is 6.64. The van der Waals surface area contributed by atoms with Crippen molar-refractivity contribution in [1.29, 1.82) is 0 Å². The van der Waals surface area contributed by atoms with Crippen molar-refractivity contribution in [3.05, 3.63) is 28.8 Å². The monoisotopic (exact) mass is 285 g/mol. The van der Waals surface area contributed by atoms with Gasteiger partial charge in [0.15, 0.2) is 0 Å². The SMILES string of the molecule is CC[C@@H](C)[C@@](C)(O)CNC(=O)c1ccc(O)c(Cl)c1. The summed E-state index contributed by atoms with van der Waals surface area (Å²) >= 11 is 5.74. The lowest BCUT2D eigenvalue weighted by Gasteiger charge is -2.29. The Bertz CT molecular complexity index is 460. The third-order valence-corrected chi connectivity index (χ3v) is 3.79. The summed E-state index contributed by atoms with van der Waals surface area (Å²) in [6.45, 7) is 5.79. The maximum absolute atomic E-state index is 11.9. The van der Waals surface area contributed by atoms with E-state index >= 15 is 0 Å². The van der Waals surface area contributed by atoms with Crippen LogP contribution in [0, 0.1) is 5.92 Å². The highest BCUT2D eigenvalue weighted by atomic mass is 35.5. The highest BCUT2D eigenvalue weighted by Crippen LogP contribution is 2.24. The fraction of sp³-hybridized carbons (Fsp3) is 0.500. The molecular formula is C14H20ClNO3. The van der Waals surface area contributed by atoms with Crippen LogP contribution in [0.25, 0.3) is 0 Å². The number of carbonyl (C=O) groups is 1. The highest BCUT2D eigenvalue weighted by molar-refractivity contribution is 6.32. The molecule has 0 aliphatic heterocycles. The van der Waals surface area contributed by atoms with E-state index in [1.165, 1.54) is 18.2 Å². The fourth-order valence-electron chi connectivity index (χ4n) is 1.62. The summed E-state index contributed by atoms with van der Waals surface area (Å²) in [6.07, 6.45) is 0.827. The van der Waals surface area contributed by atoms with E-state index in [1.807, 2.05) is 13.8 Å². The molecule has 0 aliphatic carbocycles. The molecule has 5 heteroatoms. The summed E-state index contributed by atoms with van der Waals surface area (Å²) in [5.74, 6) is -0.313. The quantitative estimate of drug-likeness (QED) is 0.779. The van der Waals surface area contributed by atoms with Gasteiger partial charge in [0.25, 0.3) is 5.91 Å². The van der Waals surface area contributed by atoms with Gasteiger partial charge in [-0.1, -0.05) is 31.9 Å². The molecule has 0 aromatic heterocycles. The topological polar surface area (TPSA) is 69.6 Å². The second-order valence-corrected chi connectivity index (χ2v) is 5.42. The molecule has 0 spiro atoms.